The highest BCUT2D eigenvalue weighted by atomic mass is 16.1. The van der Waals surface area contributed by atoms with Crippen LogP contribution in [0.2, 0.25) is 0 Å². The molecule has 84 valence electrons. The molecule has 0 spiro atoms. The van der Waals surface area contributed by atoms with E-state index in [1.54, 1.807) is 6.92 Å². The largest absolute Gasteiger partial charge is 0.300 e. The lowest BCUT2D eigenvalue weighted by Crippen LogP contribution is -2.03. The Labute approximate surface area is 97.5 Å². The molecule has 1 rings (SSSR count). The van der Waals surface area contributed by atoms with Crippen LogP contribution in [0, 0.1) is 5.92 Å². The van der Waals surface area contributed by atoms with Crippen molar-refractivity contribution >= 4 is 11.9 Å². The van der Waals surface area contributed by atoms with Crippen molar-refractivity contribution in [1.82, 2.24) is 0 Å². The van der Waals surface area contributed by atoms with Gasteiger partial charge in [0.2, 0.25) is 0 Å². The molecule has 0 saturated carbocycles. The van der Waals surface area contributed by atoms with E-state index in [4.69, 9.17) is 0 Å². The molecule has 0 aliphatic rings. The van der Waals surface area contributed by atoms with Gasteiger partial charge in [-0.25, -0.2) is 0 Å². The molecule has 0 aliphatic heterocycles. The monoisotopic (exact) mass is 214 g/mol. The highest BCUT2D eigenvalue weighted by Crippen LogP contribution is 2.05. The van der Waals surface area contributed by atoms with Crippen LogP contribution in [-0.2, 0) is 4.79 Å². The minimum atomic E-state index is 0.126. The molecule has 0 amide bonds. The summed E-state index contributed by atoms with van der Waals surface area (Å²) in [5.74, 6) is 0.373. The van der Waals surface area contributed by atoms with Crippen LogP contribution in [0.3, 0.4) is 0 Å². The summed E-state index contributed by atoms with van der Waals surface area (Å²) >= 11 is 0. The van der Waals surface area contributed by atoms with Gasteiger partial charge in [-0.3, -0.25) is 4.79 Å². The molecule has 0 aromatic heterocycles. The average molecular weight is 214 g/mol. The van der Waals surface area contributed by atoms with Gasteiger partial charge in [-0.15, -0.1) is 0 Å². The van der Waals surface area contributed by atoms with Gasteiger partial charge < -0.3 is 0 Å². The summed E-state index contributed by atoms with van der Waals surface area (Å²) in [5.41, 5.74) is 1.19. The van der Waals surface area contributed by atoms with Crippen molar-refractivity contribution in [2.24, 2.45) is 5.92 Å². The number of hydrogen-bond donors (Lipinski definition) is 0. The van der Waals surface area contributed by atoms with E-state index in [-0.39, 0.29) is 11.7 Å². The Morgan fingerprint density at radius 3 is 2.56 bits per heavy atom. The predicted octanol–water partition coefficient (Wildman–Crippen LogP) is 3.87. The Hall–Kier alpha value is -1.63. The highest BCUT2D eigenvalue weighted by molar-refractivity contribution is 5.78. The van der Waals surface area contributed by atoms with E-state index >= 15 is 0 Å². The van der Waals surface area contributed by atoms with Gasteiger partial charge in [0, 0.05) is 5.92 Å². The Balaban J connectivity index is 2.37. The van der Waals surface area contributed by atoms with Crippen LogP contribution < -0.4 is 0 Å². The highest BCUT2D eigenvalue weighted by Gasteiger charge is 2.03. The molecule has 0 saturated heterocycles. The zero-order chi connectivity index (χ0) is 11.8. The standard InChI is InChI=1S/C15H18O/c1-13(14(2)16)9-5-3-6-10-15-11-7-4-8-12-15/h3-8,10-13H,9H2,1-2H3/t13-/m0/s1. The Kier molecular flexibility index (Phi) is 5.27. The molecule has 0 aliphatic carbocycles. The fraction of sp³-hybridized carbons (Fsp3) is 0.267. The molecule has 0 bridgehead atoms. The van der Waals surface area contributed by atoms with Crippen molar-refractivity contribution in [3.63, 3.8) is 0 Å². The van der Waals surface area contributed by atoms with Crippen LogP contribution in [0.4, 0.5) is 0 Å². The van der Waals surface area contributed by atoms with Crippen molar-refractivity contribution < 1.29 is 4.79 Å². The molecule has 0 unspecified atom stereocenters. The van der Waals surface area contributed by atoms with Gasteiger partial charge in [0.25, 0.3) is 0 Å². The van der Waals surface area contributed by atoms with Crippen molar-refractivity contribution in [2.75, 3.05) is 0 Å². The molecule has 0 N–H and O–H groups in total. The first-order chi connectivity index (χ1) is 7.70. The number of carbonyl (C=O) groups is 1. The van der Waals surface area contributed by atoms with E-state index in [2.05, 4.69) is 18.2 Å². The van der Waals surface area contributed by atoms with E-state index in [0.29, 0.717) is 0 Å². The van der Waals surface area contributed by atoms with Gasteiger partial charge in [-0.05, 0) is 18.9 Å². The molecule has 1 atom stereocenters. The third-order valence-electron chi connectivity index (χ3n) is 2.52. The average Bonchev–Trinajstić information content (AvgIpc) is 2.29. The van der Waals surface area contributed by atoms with Crippen LogP contribution in [-0.4, -0.2) is 5.78 Å². The summed E-state index contributed by atoms with van der Waals surface area (Å²) in [6, 6.07) is 10.1. The fourth-order valence-electron chi connectivity index (χ4n) is 1.26. The zero-order valence-corrected chi connectivity index (χ0v) is 9.89. The Morgan fingerprint density at radius 1 is 1.25 bits per heavy atom. The van der Waals surface area contributed by atoms with E-state index in [1.165, 1.54) is 5.56 Å². The second-order valence-electron chi connectivity index (χ2n) is 3.95. The second-order valence-corrected chi connectivity index (χ2v) is 3.95. The van der Waals surface area contributed by atoms with Gasteiger partial charge in [0.05, 0.1) is 0 Å². The topological polar surface area (TPSA) is 17.1 Å². The third kappa shape index (κ3) is 4.74. The first-order valence-corrected chi connectivity index (χ1v) is 5.59. The molecule has 1 aromatic rings. The van der Waals surface area contributed by atoms with Crippen molar-refractivity contribution in [2.45, 2.75) is 20.3 Å². The van der Waals surface area contributed by atoms with Gasteiger partial charge in [0.15, 0.2) is 0 Å². The van der Waals surface area contributed by atoms with E-state index < -0.39 is 0 Å². The minimum absolute atomic E-state index is 0.126. The molecule has 1 nitrogen and oxygen atoms in total. The lowest BCUT2D eigenvalue weighted by molar-refractivity contribution is -0.120. The van der Waals surface area contributed by atoms with Crippen LogP contribution >= 0.6 is 0 Å². The maximum absolute atomic E-state index is 11.0. The number of allylic oxidation sites excluding steroid dienone is 3. The molecule has 1 heteroatoms. The van der Waals surface area contributed by atoms with Crippen molar-refractivity contribution in [1.29, 1.82) is 0 Å². The second kappa shape index (κ2) is 6.78. The maximum atomic E-state index is 11.0. The Bertz CT molecular complexity index is 374. The van der Waals surface area contributed by atoms with Crippen molar-refractivity contribution in [3.05, 3.63) is 54.1 Å². The van der Waals surface area contributed by atoms with Gasteiger partial charge in [0.1, 0.15) is 5.78 Å². The number of Topliss-reactive ketones (excluding diaryl/α,β-unsaturated/α-hetero) is 1. The molecule has 1 aromatic carbocycles. The first-order valence-electron chi connectivity index (χ1n) is 5.59. The molecule has 16 heavy (non-hydrogen) atoms. The summed E-state index contributed by atoms with van der Waals surface area (Å²) in [6.45, 7) is 3.59. The van der Waals surface area contributed by atoms with Crippen molar-refractivity contribution in [3.8, 4) is 0 Å². The summed E-state index contributed by atoms with van der Waals surface area (Å²) in [5, 5.41) is 0. The predicted molar refractivity (Wildman–Crippen MR) is 69.1 cm³/mol. The minimum Gasteiger partial charge on any atom is -0.300 e. The lowest BCUT2D eigenvalue weighted by Gasteiger charge is -2.00. The van der Waals surface area contributed by atoms with E-state index in [0.717, 1.165) is 6.42 Å². The maximum Gasteiger partial charge on any atom is 0.132 e. The number of carbonyl (C=O) groups excluding carboxylic acids is 1. The molecular weight excluding hydrogens is 196 g/mol. The quantitative estimate of drug-likeness (QED) is 0.680. The fourth-order valence-corrected chi connectivity index (χ4v) is 1.26. The van der Waals surface area contributed by atoms with E-state index in [1.807, 2.05) is 43.4 Å². The summed E-state index contributed by atoms with van der Waals surface area (Å²) in [6.07, 6.45) is 8.89. The summed E-state index contributed by atoms with van der Waals surface area (Å²) in [4.78, 5) is 11.0. The normalized spacial score (nSPS) is 13.4. The molecular formula is C15H18O. The molecule has 0 heterocycles. The lowest BCUT2D eigenvalue weighted by atomic mass is 10.0. The smallest absolute Gasteiger partial charge is 0.132 e. The van der Waals surface area contributed by atoms with Crippen LogP contribution in [0.25, 0.3) is 6.08 Å². The van der Waals surface area contributed by atoms with Gasteiger partial charge in [-0.2, -0.15) is 0 Å². The molecule has 0 fully saturated rings. The van der Waals surface area contributed by atoms with Gasteiger partial charge in [-0.1, -0.05) is 61.6 Å². The number of benzene rings is 1. The summed E-state index contributed by atoms with van der Waals surface area (Å²) in [7, 11) is 0. The van der Waals surface area contributed by atoms with E-state index in [9.17, 15) is 4.79 Å². The summed E-state index contributed by atoms with van der Waals surface area (Å²) < 4.78 is 0. The van der Waals surface area contributed by atoms with Crippen LogP contribution in [0.15, 0.2) is 48.6 Å². The zero-order valence-electron chi connectivity index (χ0n) is 9.89. The van der Waals surface area contributed by atoms with Crippen LogP contribution in [0.5, 0.6) is 0 Å². The SMILES string of the molecule is CC(=O)[C@@H](C)CC=CC=Cc1ccccc1. The number of ketones is 1. The Morgan fingerprint density at radius 2 is 1.94 bits per heavy atom. The van der Waals surface area contributed by atoms with Crippen LogP contribution in [0.1, 0.15) is 25.8 Å². The first kappa shape index (κ1) is 12.4. The van der Waals surface area contributed by atoms with Gasteiger partial charge >= 0.3 is 0 Å². The third-order valence-corrected chi connectivity index (χ3v) is 2.52. The number of hydrogen-bond acceptors (Lipinski definition) is 1. The molecule has 0 radical (unpaired) electrons. The number of rotatable bonds is 5.